The number of hydrogen-bond acceptors (Lipinski definition) is 1. The molecule has 12 rings (SSSR count). The van der Waals surface area contributed by atoms with E-state index in [2.05, 4.69) is 217 Å². The highest BCUT2D eigenvalue weighted by Gasteiger charge is 2.53. The lowest BCUT2D eigenvalue weighted by atomic mass is 9.68. The number of nitrogens with zero attached hydrogens (tertiary/aromatic N) is 1. The summed E-state index contributed by atoms with van der Waals surface area (Å²) in [5.74, 6) is 0. The molecule has 0 unspecified atom stereocenters. The molecule has 0 heterocycles. The first-order valence-corrected chi connectivity index (χ1v) is 19.5. The summed E-state index contributed by atoms with van der Waals surface area (Å²) in [4.78, 5) is 2.40. The van der Waals surface area contributed by atoms with Crippen molar-refractivity contribution in [3.05, 3.63) is 235 Å². The molecule has 1 nitrogen and oxygen atoms in total. The van der Waals surface area contributed by atoms with Crippen LogP contribution in [0.1, 0.15) is 22.3 Å². The zero-order chi connectivity index (χ0) is 36.8. The van der Waals surface area contributed by atoms with Crippen molar-refractivity contribution in [2.24, 2.45) is 0 Å². The molecule has 10 aromatic carbocycles. The van der Waals surface area contributed by atoms with Gasteiger partial charge in [0, 0.05) is 17.1 Å². The Labute approximate surface area is 326 Å². The van der Waals surface area contributed by atoms with Crippen molar-refractivity contribution in [3.63, 3.8) is 0 Å². The van der Waals surface area contributed by atoms with E-state index in [9.17, 15) is 0 Å². The molecule has 2 aliphatic rings. The number of para-hydroxylation sites is 1. The lowest BCUT2D eigenvalue weighted by Gasteiger charge is -2.33. The van der Waals surface area contributed by atoms with E-state index in [1.807, 2.05) is 0 Å². The molecule has 0 fully saturated rings. The van der Waals surface area contributed by atoms with Gasteiger partial charge in [-0.1, -0.05) is 176 Å². The second kappa shape index (κ2) is 11.9. The predicted molar refractivity (Wildman–Crippen MR) is 235 cm³/mol. The van der Waals surface area contributed by atoms with Crippen molar-refractivity contribution >= 4 is 49.4 Å². The summed E-state index contributed by atoms with van der Waals surface area (Å²) in [6, 6.07) is 78.7. The number of hydrogen-bond donors (Lipinski definition) is 0. The van der Waals surface area contributed by atoms with Gasteiger partial charge < -0.3 is 4.90 Å². The van der Waals surface area contributed by atoms with Crippen LogP contribution in [-0.2, 0) is 5.41 Å². The maximum absolute atomic E-state index is 2.44. The Kier molecular flexibility index (Phi) is 6.62. The highest BCUT2D eigenvalue weighted by Crippen LogP contribution is 2.66. The van der Waals surface area contributed by atoms with Gasteiger partial charge in [-0.2, -0.15) is 0 Å². The maximum Gasteiger partial charge on any atom is 0.0737 e. The molecular weight excluding hydrogens is 675 g/mol. The number of anilines is 3. The topological polar surface area (TPSA) is 3.24 Å². The van der Waals surface area contributed by atoms with Crippen LogP contribution in [0.15, 0.2) is 212 Å². The van der Waals surface area contributed by atoms with Crippen molar-refractivity contribution in [2.75, 3.05) is 4.90 Å². The lowest BCUT2D eigenvalue weighted by molar-refractivity contribution is 0.809. The van der Waals surface area contributed by atoms with Gasteiger partial charge in [0.15, 0.2) is 0 Å². The SMILES string of the molecule is c1ccc(-c2ccc(N(c3ccccc3)c3ccc4c5c(c6ccccc6c4c3)-c3ccc4ccccc4c3C53c4ccccc4-c4ccccc43)cc2)cc1. The number of fused-ring (bicyclic) bond motifs is 17. The second-order valence-corrected chi connectivity index (χ2v) is 15.2. The Bertz CT molecular complexity index is 3130. The molecule has 0 aliphatic heterocycles. The molecule has 0 saturated carbocycles. The molecule has 0 N–H and O–H groups in total. The van der Waals surface area contributed by atoms with Crippen molar-refractivity contribution in [1.29, 1.82) is 0 Å². The quantitative estimate of drug-likeness (QED) is 0.164. The smallest absolute Gasteiger partial charge is 0.0737 e. The summed E-state index contributed by atoms with van der Waals surface area (Å²) in [6.45, 7) is 0. The summed E-state index contributed by atoms with van der Waals surface area (Å²) >= 11 is 0. The van der Waals surface area contributed by atoms with E-state index in [0.717, 1.165) is 17.1 Å². The Balaban J connectivity index is 1.18. The fourth-order valence-corrected chi connectivity index (χ4v) is 10.2. The maximum atomic E-state index is 2.44. The highest BCUT2D eigenvalue weighted by molar-refractivity contribution is 6.22. The summed E-state index contributed by atoms with van der Waals surface area (Å²) < 4.78 is 0. The molecule has 10 aromatic rings. The van der Waals surface area contributed by atoms with E-state index in [1.165, 1.54) is 88.0 Å². The molecule has 2 aliphatic carbocycles. The Morgan fingerprint density at radius 2 is 0.857 bits per heavy atom. The van der Waals surface area contributed by atoms with Gasteiger partial charge in [-0.3, -0.25) is 0 Å². The third-order valence-electron chi connectivity index (χ3n) is 12.4. The van der Waals surface area contributed by atoms with Crippen LogP contribution in [0.2, 0.25) is 0 Å². The highest BCUT2D eigenvalue weighted by atomic mass is 15.1. The average molecular weight is 710 g/mol. The standard InChI is InChI=1S/C55H35N/c1-3-15-36(16-4-1)37-27-30-40(31-28-37)56(39-18-5-2-6-19-39)41-32-34-47-49(35-41)43-21-9-10-24-46(43)52-48-33-29-38-17-7-8-20-42(38)53(48)55(54(47)52)50-25-13-11-22-44(50)45-23-12-14-26-51(45)55/h1-35H. The first-order chi connectivity index (χ1) is 27.8. The minimum atomic E-state index is -0.491. The second-order valence-electron chi connectivity index (χ2n) is 15.2. The largest absolute Gasteiger partial charge is 0.310 e. The molecule has 0 radical (unpaired) electrons. The molecule has 0 atom stereocenters. The van der Waals surface area contributed by atoms with Crippen molar-refractivity contribution < 1.29 is 0 Å². The third-order valence-corrected chi connectivity index (χ3v) is 12.4. The molecule has 260 valence electrons. The molecule has 1 spiro atoms. The summed E-state index contributed by atoms with van der Waals surface area (Å²) in [5, 5.41) is 7.70. The molecule has 56 heavy (non-hydrogen) atoms. The van der Waals surface area contributed by atoms with Crippen LogP contribution in [0.5, 0.6) is 0 Å². The minimum absolute atomic E-state index is 0.491. The van der Waals surface area contributed by atoms with Crippen molar-refractivity contribution in [2.45, 2.75) is 5.41 Å². The van der Waals surface area contributed by atoms with E-state index in [-0.39, 0.29) is 0 Å². The average Bonchev–Trinajstić information content (AvgIpc) is 3.76. The van der Waals surface area contributed by atoms with Crippen molar-refractivity contribution in [1.82, 2.24) is 0 Å². The Hall–Kier alpha value is -7.22. The van der Waals surface area contributed by atoms with Gasteiger partial charge in [0.1, 0.15) is 0 Å². The van der Waals surface area contributed by atoms with E-state index >= 15 is 0 Å². The molecule has 0 bridgehead atoms. The van der Waals surface area contributed by atoms with Gasteiger partial charge in [-0.15, -0.1) is 0 Å². The van der Waals surface area contributed by atoms with Gasteiger partial charge >= 0.3 is 0 Å². The van der Waals surface area contributed by atoms with Crippen LogP contribution in [0.4, 0.5) is 17.1 Å². The molecular formula is C55H35N. The van der Waals surface area contributed by atoms with E-state index in [0.29, 0.717) is 0 Å². The third kappa shape index (κ3) is 4.20. The van der Waals surface area contributed by atoms with Crippen LogP contribution in [-0.4, -0.2) is 0 Å². The van der Waals surface area contributed by atoms with Crippen LogP contribution in [0.25, 0.3) is 65.7 Å². The predicted octanol–water partition coefficient (Wildman–Crippen LogP) is 14.6. The van der Waals surface area contributed by atoms with Gasteiger partial charge in [-0.05, 0) is 124 Å². The molecule has 1 heteroatoms. The van der Waals surface area contributed by atoms with Gasteiger partial charge in [0.2, 0.25) is 0 Å². The summed E-state index contributed by atoms with van der Waals surface area (Å²) in [6.07, 6.45) is 0. The van der Waals surface area contributed by atoms with Crippen LogP contribution < -0.4 is 4.90 Å². The zero-order valence-electron chi connectivity index (χ0n) is 30.7. The summed E-state index contributed by atoms with van der Waals surface area (Å²) in [7, 11) is 0. The van der Waals surface area contributed by atoms with Crippen LogP contribution in [0, 0.1) is 0 Å². The van der Waals surface area contributed by atoms with Crippen LogP contribution >= 0.6 is 0 Å². The van der Waals surface area contributed by atoms with Gasteiger partial charge in [0.25, 0.3) is 0 Å². The first-order valence-electron chi connectivity index (χ1n) is 19.5. The molecule has 0 aromatic heterocycles. The van der Waals surface area contributed by atoms with Crippen LogP contribution in [0.3, 0.4) is 0 Å². The monoisotopic (exact) mass is 709 g/mol. The van der Waals surface area contributed by atoms with Crippen molar-refractivity contribution in [3.8, 4) is 33.4 Å². The van der Waals surface area contributed by atoms with Gasteiger partial charge in [-0.25, -0.2) is 0 Å². The minimum Gasteiger partial charge on any atom is -0.310 e. The number of rotatable bonds is 4. The van der Waals surface area contributed by atoms with Gasteiger partial charge in [0.05, 0.1) is 5.41 Å². The first kappa shape index (κ1) is 31.2. The number of benzene rings is 10. The fourth-order valence-electron chi connectivity index (χ4n) is 10.2. The summed E-state index contributed by atoms with van der Waals surface area (Å²) in [5.41, 5.74) is 16.1. The molecule has 0 amide bonds. The normalized spacial score (nSPS) is 13.1. The molecule has 0 saturated heterocycles. The Morgan fingerprint density at radius 3 is 1.59 bits per heavy atom. The van der Waals surface area contributed by atoms with E-state index in [1.54, 1.807) is 0 Å². The fraction of sp³-hybridized carbons (Fsp3) is 0.0182. The lowest BCUT2D eigenvalue weighted by Crippen LogP contribution is -2.26. The zero-order valence-corrected chi connectivity index (χ0v) is 30.7. The van der Waals surface area contributed by atoms with E-state index in [4.69, 9.17) is 0 Å². The van der Waals surface area contributed by atoms with E-state index < -0.39 is 5.41 Å². The Morgan fingerprint density at radius 1 is 0.304 bits per heavy atom.